The van der Waals surface area contributed by atoms with E-state index in [4.69, 9.17) is 5.73 Å². The van der Waals surface area contributed by atoms with E-state index in [1.54, 1.807) is 24.3 Å². The molecule has 1 saturated heterocycles. The fourth-order valence-corrected chi connectivity index (χ4v) is 3.95. The summed E-state index contributed by atoms with van der Waals surface area (Å²) in [6, 6.07) is 15.7. The van der Waals surface area contributed by atoms with Crippen LogP contribution in [0.4, 0.5) is 0 Å². The van der Waals surface area contributed by atoms with Crippen molar-refractivity contribution < 1.29 is 13.2 Å². The molecule has 1 heterocycles. The average molecular weight is 428 g/mol. The van der Waals surface area contributed by atoms with Gasteiger partial charge in [-0.25, -0.2) is 13.1 Å². The zero-order valence-electron chi connectivity index (χ0n) is 16.7. The molecule has 1 unspecified atom stereocenters. The van der Waals surface area contributed by atoms with Gasteiger partial charge in [-0.2, -0.15) is 5.26 Å². The van der Waals surface area contributed by atoms with E-state index in [0.717, 1.165) is 29.7 Å². The molecule has 158 valence electrons. The van der Waals surface area contributed by atoms with Gasteiger partial charge in [-0.3, -0.25) is 9.69 Å². The first-order chi connectivity index (χ1) is 14.3. The fraction of sp³-hybridized carbons (Fsp3) is 0.333. The van der Waals surface area contributed by atoms with Crippen molar-refractivity contribution in [2.45, 2.75) is 29.9 Å². The Kier molecular flexibility index (Phi) is 6.84. The lowest BCUT2D eigenvalue weighted by molar-refractivity contribution is -0.124. The van der Waals surface area contributed by atoms with E-state index in [9.17, 15) is 18.5 Å². The Balaban J connectivity index is 1.60. The van der Waals surface area contributed by atoms with Gasteiger partial charge in [-0.1, -0.05) is 36.4 Å². The number of nitrogens with zero attached hydrogens (tertiary/aromatic N) is 2. The van der Waals surface area contributed by atoms with Gasteiger partial charge in [0.15, 0.2) is 0 Å². The number of carbonyl (C=O) groups is 1. The van der Waals surface area contributed by atoms with Crippen LogP contribution in [-0.2, 0) is 21.2 Å². The third kappa shape index (κ3) is 5.23. The summed E-state index contributed by atoms with van der Waals surface area (Å²) in [5, 5.41) is 12.1. The van der Waals surface area contributed by atoms with Gasteiger partial charge in [0, 0.05) is 13.0 Å². The summed E-state index contributed by atoms with van der Waals surface area (Å²) in [7, 11) is -2.09. The van der Waals surface area contributed by atoms with E-state index in [1.807, 2.05) is 29.2 Å². The summed E-state index contributed by atoms with van der Waals surface area (Å²) < 4.78 is 25.9. The first-order valence-corrected chi connectivity index (χ1v) is 11.1. The van der Waals surface area contributed by atoms with Gasteiger partial charge >= 0.3 is 0 Å². The molecule has 0 aliphatic carbocycles. The topological polar surface area (TPSA) is 128 Å². The van der Waals surface area contributed by atoms with Gasteiger partial charge in [-0.15, -0.1) is 0 Å². The number of likely N-dealkylation sites (tertiary alicyclic amines) is 1. The van der Waals surface area contributed by atoms with Crippen LogP contribution < -0.4 is 15.8 Å². The lowest BCUT2D eigenvalue weighted by Gasteiger charge is -2.37. The predicted octanol–water partition coefficient (Wildman–Crippen LogP) is 0.803. The van der Waals surface area contributed by atoms with E-state index in [2.05, 4.69) is 16.1 Å². The van der Waals surface area contributed by atoms with Crippen LogP contribution in [0.2, 0.25) is 0 Å². The minimum Gasteiger partial charge on any atom is -0.339 e. The van der Waals surface area contributed by atoms with E-state index < -0.39 is 16.1 Å². The molecule has 3 rings (SSSR count). The highest BCUT2D eigenvalue weighted by Gasteiger charge is 2.26. The SMILES string of the molecule is CNS(=O)(=O)c1ccc(-c2ccc(CC(C#N)NC(=O)CN3CC[C@H]3N)cc2)cc1. The minimum atomic E-state index is -3.46. The van der Waals surface area contributed by atoms with Crippen molar-refractivity contribution in [3.05, 3.63) is 54.1 Å². The van der Waals surface area contributed by atoms with Crippen LogP contribution in [0.3, 0.4) is 0 Å². The Bertz CT molecular complexity index is 1030. The van der Waals surface area contributed by atoms with Gasteiger partial charge in [-0.05, 0) is 42.3 Å². The zero-order valence-corrected chi connectivity index (χ0v) is 17.5. The number of nitriles is 1. The molecular formula is C21H25N5O3S. The number of nitrogens with one attached hydrogen (secondary N) is 2. The van der Waals surface area contributed by atoms with Crippen molar-refractivity contribution in [2.75, 3.05) is 20.1 Å². The number of hydrogen-bond acceptors (Lipinski definition) is 6. The lowest BCUT2D eigenvalue weighted by atomic mass is 10.0. The first-order valence-electron chi connectivity index (χ1n) is 9.64. The van der Waals surface area contributed by atoms with E-state index in [0.29, 0.717) is 6.42 Å². The normalized spacial score (nSPS) is 17.6. The quantitative estimate of drug-likeness (QED) is 0.572. The van der Waals surface area contributed by atoms with Crippen molar-refractivity contribution in [1.82, 2.24) is 14.9 Å². The molecule has 8 nitrogen and oxygen atoms in total. The molecule has 4 N–H and O–H groups in total. The monoisotopic (exact) mass is 427 g/mol. The maximum atomic E-state index is 12.1. The summed E-state index contributed by atoms with van der Waals surface area (Å²) in [6.45, 7) is 1.01. The summed E-state index contributed by atoms with van der Waals surface area (Å²) in [5.41, 5.74) is 8.53. The highest BCUT2D eigenvalue weighted by molar-refractivity contribution is 7.89. The van der Waals surface area contributed by atoms with Gasteiger partial charge in [0.25, 0.3) is 0 Å². The second-order valence-electron chi connectivity index (χ2n) is 7.21. The molecule has 9 heteroatoms. The van der Waals surface area contributed by atoms with E-state index >= 15 is 0 Å². The number of rotatable bonds is 8. The molecule has 1 fully saturated rings. The number of nitrogens with two attached hydrogens (primary N) is 1. The number of hydrogen-bond donors (Lipinski definition) is 3. The Morgan fingerprint density at radius 2 is 1.80 bits per heavy atom. The van der Waals surface area contributed by atoms with Crippen molar-refractivity contribution in [3.63, 3.8) is 0 Å². The van der Waals surface area contributed by atoms with Crippen LogP contribution in [0.25, 0.3) is 11.1 Å². The molecule has 2 aromatic rings. The standard InChI is InChI=1S/C21H25N5O3S/c1-24-30(28,29)19-8-6-17(7-9-19)16-4-2-15(3-5-16)12-18(13-22)25-21(27)14-26-11-10-20(26)23/h2-9,18,20,24H,10-12,14,23H2,1H3,(H,25,27)/t18?,20-/m0/s1. The second-order valence-corrected chi connectivity index (χ2v) is 9.10. The molecule has 2 aromatic carbocycles. The maximum Gasteiger partial charge on any atom is 0.240 e. The summed E-state index contributed by atoms with van der Waals surface area (Å²) in [4.78, 5) is 14.2. The molecule has 1 aliphatic rings. The number of benzene rings is 2. The number of sulfonamides is 1. The molecule has 0 spiro atoms. The minimum absolute atomic E-state index is 0.0729. The highest BCUT2D eigenvalue weighted by Crippen LogP contribution is 2.22. The van der Waals surface area contributed by atoms with Gasteiger partial charge in [0.1, 0.15) is 6.04 Å². The Hall–Kier alpha value is -2.77. The van der Waals surface area contributed by atoms with Crippen molar-refractivity contribution in [3.8, 4) is 17.2 Å². The molecular weight excluding hydrogens is 402 g/mol. The zero-order chi connectivity index (χ0) is 21.7. The lowest BCUT2D eigenvalue weighted by Crippen LogP contribution is -2.56. The average Bonchev–Trinajstić information content (AvgIpc) is 2.76. The smallest absolute Gasteiger partial charge is 0.240 e. The molecule has 1 amide bonds. The van der Waals surface area contributed by atoms with Crippen LogP contribution in [0.5, 0.6) is 0 Å². The third-order valence-corrected chi connectivity index (χ3v) is 6.61. The molecule has 0 radical (unpaired) electrons. The summed E-state index contributed by atoms with van der Waals surface area (Å²) in [6.07, 6.45) is 1.21. The molecule has 1 aliphatic heterocycles. The second kappa shape index (κ2) is 9.36. The summed E-state index contributed by atoms with van der Waals surface area (Å²) >= 11 is 0. The number of carbonyl (C=O) groups excluding carboxylic acids is 1. The van der Waals surface area contributed by atoms with Crippen LogP contribution in [0, 0.1) is 11.3 Å². The maximum absolute atomic E-state index is 12.1. The van der Waals surface area contributed by atoms with E-state index in [1.165, 1.54) is 7.05 Å². The number of amides is 1. The van der Waals surface area contributed by atoms with Crippen molar-refractivity contribution in [2.24, 2.45) is 5.73 Å². The Morgan fingerprint density at radius 1 is 1.20 bits per heavy atom. The fourth-order valence-electron chi connectivity index (χ4n) is 3.22. The Labute approximate surface area is 176 Å². The molecule has 0 aromatic heterocycles. The van der Waals surface area contributed by atoms with Crippen LogP contribution >= 0.6 is 0 Å². The van der Waals surface area contributed by atoms with Crippen LogP contribution in [-0.4, -0.2) is 51.6 Å². The molecule has 0 saturated carbocycles. The largest absolute Gasteiger partial charge is 0.339 e. The molecule has 0 bridgehead atoms. The van der Waals surface area contributed by atoms with Crippen LogP contribution in [0.1, 0.15) is 12.0 Å². The molecule has 30 heavy (non-hydrogen) atoms. The van der Waals surface area contributed by atoms with Gasteiger partial charge in [0.2, 0.25) is 15.9 Å². The predicted molar refractivity (Wildman–Crippen MR) is 114 cm³/mol. The van der Waals surface area contributed by atoms with Crippen LogP contribution in [0.15, 0.2) is 53.4 Å². The Morgan fingerprint density at radius 3 is 2.27 bits per heavy atom. The van der Waals surface area contributed by atoms with Crippen molar-refractivity contribution >= 4 is 15.9 Å². The van der Waals surface area contributed by atoms with Crippen molar-refractivity contribution in [1.29, 1.82) is 5.26 Å². The van der Waals surface area contributed by atoms with E-state index in [-0.39, 0.29) is 23.5 Å². The first kappa shape index (κ1) is 21.9. The summed E-state index contributed by atoms with van der Waals surface area (Å²) in [5.74, 6) is -0.204. The highest BCUT2D eigenvalue weighted by atomic mass is 32.2. The van der Waals surface area contributed by atoms with Gasteiger partial charge < -0.3 is 11.1 Å². The van der Waals surface area contributed by atoms with Gasteiger partial charge in [0.05, 0.1) is 23.7 Å². The third-order valence-electron chi connectivity index (χ3n) is 5.18. The molecule has 2 atom stereocenters.